The highest BCUT2D eigenvalue weighted by molar-refractivity contribution is 5.87. The summed E-state index contributed by atoms with van der Waals surface area (Å²) in [6.45, 7) is 6.31. The van der Waals surface area contributed by atoms with Gasteiger partial charge in [-0.15, -0.1) is 0 Å². The van der Waals surface area contributed by atoms with Crippen molar-refractivity contribution in [3.8, 4) is 6.07 Å². The molecule has 2 aromatic rings. The van der Waals surface area contributed by atoms with Crippen LogP contribution in [0.4, 0.5) is 5.69 Å². The highest BCUT2D eigenvalue weighted by Gasteiger charge is 2.20. The van der Waals surface area contributed by atoms with Gasteiger partial charge in [-0.05, 0) is 85.6 Å². The molecule has 23 heavy (non-hydrogen) atoms. The number of nitrogen functional groups attached to an aromatic ring is 1. The van der Waals surface area contributed by atoms with Crippen LogP contribution in [0.15, 0.2) is 35.9 Å². The largest absolute Gasteiger partial charge is 0.398 e. The molecule has 116 valence electrons. The third-order valence-electron chi connectivity index (χ3n) is 4.91. The molecule has 0 saturated heterocycles. The lowest BCUT2D eigenvalue weighted by Crippen LogP contribution is -2.01. The molecular weight excluding hydrogens is 280 g/mol. The van der Waals surface area contributed by atoms with Gasteiger partial charge in [-0.2, -0.15) is 5.26 Å². The molecule has 0 saturated carbocycles. The minimum Gasteiger partial charge on any atom is -0.398 e. The molecule has 0 bridgehead atoms. The quantitative estimate of drug-likeness (QED) is 0.760. The number of nitrogens with two attached hydrogens (primary N) is 1. The Hall–Kier alpha value is -2.53. The molecule has 0 spiro atoms. The number of anilines is 1. The van der Waals surface area contributed by atoms with E-state index < -0.39 is 0 Å². The highest BCUT2D eigenvalue weighted by atomic mass is 14.6. The molecule has 0 radical (unpaired) electrons. The van der Waals surface area contributed by atoms with Gasteiger partial charge in [-0.25, -0.2) is 0 Å². The summed E-state index contributed by atoms with van der Waals surface area (Å²) in [5.41, 5.74) is 16.3. The number of allylic oxidation sites excluding steroid dienone is 1. The van der Waals surface area contributed by atoms with E-state index in [2.05, 4.69) is 38.1 Å². The van der Waals surface area contributed by atoms with Gasteiger partial charge in [0.1, 0.15) is 0 Å². The zero-order valence-electron chi connectivity index (χ0n) is 14.0. The van der Waals surface area contributed by atoms with E-state index in [0.717, 1.165) is 41.6 Å². The Balaban J connectivity index is 2.32. The fraction of sp³-hybridized carbons (Fsp3) is 0.286. The van der Waals surface area contributed by atoms with Gasteiger partial charge in [0, 0.05) is 5.69 Å². The summed E-state index contributed by atoms with van der Waals surface area (Å²) in [4.78, 5) is 0. The zero-order valence-corrected chi connectivity index (χ0v) is 14.0. The van der Waals surface area contributed by atoms with E-state index in [1.165, 1.54) is 27.8 Å². The summed E-state index contributed by atoms with van der Waals surface area (Å²) in [5.74, 6) is 0. The van der Waals surface area contributed by atoms with Gasteiger partial charge in [0.2, 0.25) is 0 Å². The molecule has 3 rings (SSSR count). The van der Waals surface area contributed by atoms with Crippen molar-refractivity contribution in [1.29, 1.82) is 5.26 Å². The van der Waals surface area contributed by atoms with E-state index in [1.807, 2.05) is 19.1 Å². The van der Waals surface area contributed by atoms with Crippen LogP contribution < -0.4 is 5.73 Å². The van der Waals surface area contributed by atoms with Crippen LogP contribution in [0, 0.1) is 25.2 Å². The van der Waals surface area contributed by atoms with Crippen molar-refractivity contribution in [2.45, 2.75) is 40.0 Å². The van der Waals surface area contributed by atoms with Crippen LogP contribution in [-0.2, 0) is 6.42 Å². The standard InChI is InChI=1S/C21H22N2/c1-13-6-4-7-16-10-14(2)17(12-22)11-19(16)21(13)18-8-5-9-20(23)15(18)3/h5,8-11H,4,6-7,23H2,1-3H3. The van der Waals surface area contributed by atoms with Gasteiger partial charge in [-0.1, -0.05) is 23.8 Å². The van der Waals surface area contributed by atoms with Crippen LogP contribution in [0.1, 0.15) is 53.1 Å². The topological polar surface area (TPSA) is 49.8 Å². The molecule has 0 aliphatic heterocycles. The van der Waals surface area contributed by atoms with Crippen molar-refractivity contribution in [3.05, 3.63) is 69.3 Å². The number of fused-ring (bicyclic) bond motifs is 1. The number of rotatable bonds is 1. The van der Waals surface area contributed by atoms with E-state index in [1.54, 1.807) is 0 Å². The molecule has 2 aromatic carbocycles. The van der Waals surface area contributed by atoms with Crippen molar-refractivity contribution in [2.75, 3.05) is 5.73 Å². The maximum absolute atomic E-state index is 9.43. The van der Waals surface area contributed by atoms with Crippen LogP contribution in [-0.4, -0.2) is 0 Å². The first kappa shape index (κ1) is 15.4. The third-order valence-corrected chi connectivity index (χ3v) is 4.91. The van der Waals surface area contributed by atoms with E-state index in [9.17, 15) is 5.26 Å². The summed E-state index contributed by atoms with van der Waals surface area (Å²) < 4.78 is 0. The molecule has 1 aliphatic carbocycles. The monoisotopic (exact) mass is 302 g/mol. The van der Waals surface area contributed by atoms with Crippen LogP contribution in [0.5, 0.6) is 0 Å². The van der Waals surface area contributed by atoms with Gasteiger partial charge >= 0.3 is 0 Å². The Labute approximate surface area is 138 Å². The van der Waals surface area contributed by atoms with Gasteiger partial charge in [0.25, 0.3) is 0 Å². The second-order valence-corrected chi connectivity index (χ2v) is 6.46. The van der Waals surface area contributed by atoms with Crippen LogP contribution in [0.2, 0.25) is 0 Å². The average Bonchev–Trinajstić information content (AvgIpc) is 2.68. The zero-order chi connectivity index (χ0) is 16.6. The SMILES string of the molecule is CC1=C(c2cccc(N)c2C)c2cc(C#N)c(C)cc2CCC1. The second-order valence-electron chi connectivity index (χ2n) is 6.46. The van der Waals surface area contributed by atoms with Crippen molar-refractivity contribution < 1.29 is 0 Å². The number of aryl methyl sites for hydroxylation is 2. The average molecular weight is 302 g/mol. The lowest BCUT2D eigenvalue weighted by Gasteiger charge is -2.18. The smallest absolute Gasteiger partial charge is 0.0994 e. The van der Waals surface area contributed by atoms with Gasteiger partial charge < -0.3 is 5.73 Å². The lowest BCUT2D eigenvalue weighted by atomic mass is 9.86. The Bertz CT molecular complexity index is 851. The van der Waals surface area contributed by atoms with Crippen molar-refractivity contribution in [3.63, 3.8) is 0 Å². The summed E-state index contributed by atoms with van der Waals surface area (Å²) in [6.07, 6.45) is 3.29. The van der Waals surface area contributed by atoms with Crippen molar-refractivity contribution in [1.82, 2.24) is 0 Å². The van der Waals surface area contributed by atoms with Crippen molar-refractivity contribution >= 4 is 11.3 Å². The Morgan fingerprint density at radius 2 is 1.83 bits per heavy atom. The number of hydrogen-bond acceptors (Lipinski definition) is 2. The molecule has 0 unspecified atom stereocenters. The van der Waals surface area contributed by atoms with Crippen molar-refractivity contribution in [2.24, 2.45) is 0 Å². The Morgan fingerprint density at radius 1 is 1.04 bits per heavy atom. The first-order valence-corrected chi connectivity index (χ1v) is 8.12. The molecule has 0 atom stereocenters. The summed E-state index contributed by atoms with van der Waals surface area (Å²) in [7, 11) is 0. The predicted octanol–water partition coefficient (Wildman–Crippen LogP) is 4.92. The lowest BCUT2D eigenvalue weighted by molar-refractivity contribution is 0.822. The van der Waals surface area contributed by atoms with Gasteiger partial charge in [0.05, 0.1) is 11.6 Å². The summed E-state index contributed by atoms with van der Waals surface area (Å²) >= 11 is 0. The minimum absolute atomic E-state index is 0.762. The normalized spacial score (nSPS) is 14.2. The first-order chi connectivity index (χ1) is 11.0. The molecular formula is C21H22N2. The molecule has 2 N–H and O–H groups in total. The molecule has 0 amide bonds. The third kappa shape index (κ3) is 2.64. The molecule has 0 aromatic heterocycles. The van der Waals surface area contributed by atoms with Gasteiger partial charge in [-0.3, -0.25) is 0 Å². The molecule has 0 heterocycles. The Morgan fingerprint density at radius 3 is 2.57 bits per heavy atom. The van der Waals surface area contributed by atoms with E-state index in [0.29, 0.717) is 0 Å². The van der Waals surface area contributed by atoms with Crippen LogP contribution in [0.25, 0.3) is 5.57 Å². The van der Waals surface area contributed by atoms with Crippen LogP contribution >= 0.6 is 0 Å². The fourth-order valence-electron chi connectivity index (χ4n) is 3.53. The second kappa shape index (κ2) is 5.93. The summed E-state index contributed by atoms with van der Waals surface area (Å²) in [5, 5.41) is 9.43. The highest BCUT2D eigenvalue weighted by Crippen LogP contribution is 2.38. The number of nitriles is 1. The molecule has 1 aliphatic rings. The molecule has 0 fully saturated rings. The van der Waals surface area contributed by atoms with E-state index in [4.69, 9.17) is 5.73 Å². The van der Waals surface area contributed by atoms with E-state index >= 15 is 0 Å². The maximum Gasteiger partial charge on any atom is 0.0994 e. The fourth-order valence-corrected chi connectivity index (χ4v) is 3.53. The molecule has 2 nitrogen and oxygen atoms in total. The number of hydrogen-bond donors (Lipinski definition) is 1. The maximum atomic E-state index is 9.43. The first-order valence-electron chi connectivity index (χ1n) is 8.12. The van der Waals surface area contributed by atoms with Crippen LogP contribution in [0.3, 0.4) is 0 Å². The number of benzene rings is 2. The number of nitrogens with zero attached hydrogens (tertiary/aromatic N) is 1. The minimum atomic E-state index is 0.762. The molecule has 2 heteroatoms. The summed E-state index contributed by atoms with van der Waals surface area (Å²) in [6, 6.07) is 12.7. The van der Waals surface area contributed by atoms with E-state index in [-0.39, 0.29) is 0 Å². The van der Waals surface area contributed by atoms with Gasteiger partial charge in [0.15, 0.2) is 0 Å². The Kier molecular flexibility index (Phi) is 3.96. The predicted molar refractivity (Wildman–Crippen MR) is 96.1 cm³/mol.